The number of aryl methyl sites for hydroxylation is 3. The SMILES string of the molecule is CCn1c(SCC(=O)Nc2c(C)cc(C)cc2C)nnc1C(C)NC(=O)c1ccc(OC)cc1. The van der Waals surface area contributed by atoms with Crippen molar-refractivity contribution in [3.8, 4) is 5.75 Å². The topological polar surface area (TPSA) is 98.1 Å². The average Bonchev–Trinajstić information content (AvgIpc) is 3.23. The Kier molecular flexibility index (Phi) is 8.33. The van der Waals surface area contributed by atoms with Gasteiger partial charge < -0.3 is 19.9 Å². The Hall–Kier alpha value is -3.33. The molecular weight excluding hydrogens is 450 g/mol. The molecule has 2 N–H and O–H groups in total. The van der Waals surface area contributed by atoms with E-state index in [-0.39, 0.29) is 23.6 Å². The molecule has 1 aromatic heterocycles. The minimum atomic E-state index is -0.358. The lowest BCUT2D eigenvalue weighted by atomic mass is 10.1. The van der Waals surface area contributed by atoms with E-state index in [2.05, 4.69) is 33.0 Å². The minimum absolute atomic E-state index is 0.104. The van der Waals surface area contributed by atoms with Crippen LogP contribution in [0.4, 0.5) is 5.69 Å². The van der Waals surface area contributed by atoms with E-state index in [1.165, 1.54) is 17.3 Å². The summed E-state index contributed by atoms with van der Waals surface area (Å²) in [5.41, 5.74) is 4.62. The Morgan fingerprint density at radius 1 is 1.09 bits per heavy atom. The van der Waals surface area contributed by atoms with E-state index in [1.54, 1.807) is 31.4 Å². The Labute approximate surface area is 204 Å². The molecule has 0 fully saturated rings. The number of aromatic nitrogens is 3. The van der Waals surface area contributed by atoms with Crippen molar-refractivity contribution in [2.24, 2.45) is 0 Å². The van der Waals surface area contributed by atoms with Crippen molar-refractivity contribution < 1.29 is 14.3 Å². The molecule has 8 nitrogen and oxygen atoms in total. The van der Waals surface area contributed by atoms with Gasteiger partial charge in [-0.2, -0.15) is 0 Å². The fraction of sp³-hybridized carbons (Fsp3) is 0.360. The molecule has 0 aliphatic carbocycles. The lowest BCUT2D eigenvalue weighted by Gasteiger charge is -2.15. The summed E-state index contributed by atoms with van der Waals surface area (Å²) in [5.74, 6) is 1.22. The number of nitrogens with zero attached hydrogens (tertiary/aromatic N) is 3. The maximum atomic E-state index is 12.6. The molecule has 0 saturated carbocycles. The summed E-state index contributed by atoms with van der Waals surface area (Å²) >= 11 is 1.32. The van der Waals surface area contributed by atoms with Crippen LogP contribution in [0, 0.1) is 20.8 Å². The number of amides is 2. The van der Waals surface area contributed by atoms with Gasteiger partial charge in [0.15, 0.2) is 11.0 Å². The zero-order valence-electron chi connectivity index (χ0n) is 20.4. The Morgan fingerprint density at radius 3 is 2.32 bits per heavy atom. The molecule has 3 aromatic rings. The van der Waals surface area contributed by atoms with Crippen LogP contribution in [0.3, 0.4) is 0 Å². The summed E-state index contributed by atoms with van der Waals surface area (Å²) in [7, 11) is 1.58. The van der Waals surface area contributed by atoms with Crippen LogP contribution in [0.1, 0.15) is 52.8 Å². The highest BCUT2D eigenvalue weighted by Gasteiger charge is 2.20. The van der Waals surface area contributed by atoms with Gasteiger partial charge in [0, 0.05) is 17.8 Å². The lowest BCUT2D eigenvalue weighted by molar-refractivity contribution is -0.113. The normalized spacial score (nSPS) is 11.7. The molecule has 0 bridgehead atoms. The molecule has 1 unspecified atom stereocenters. The van der Waals surface area contributed by atoms with E-state index in [4.69, 9.17) is 4.74 Å². The van der Waals surface area contributed by atoms with E-state index in [9.17, 15) is 9.59 Å². The van der Waals surface area contributed by atoms with Crippen LogP contribution >= 0.6 is 11.8 Å². The zero-order chi connectivity index (χ0) is 24.8. The third kappa shape index (κ3) is 5.96. The molecule has 34 heavy (non-hydrogen) atoms. The Bertz CT molecular complexity index is 1150. The van der Waals surface area contributed by atoms with Crippen molar-refractivity contribution in [2.75, 3.05) is 18.2 Å². The first-order valence-electron chi connectivity index (χ1n) is 11.1. The van der Waals surface area contributed by atoms with Gasteiger partial charge in [-0.1, -0.05) is 29.5 Å². The number of hydrogen-bond acceptors (Lipinski definition) is 6. The lowest BCUT2D eigenvalue weighted by Crippen LogP contribution is -2.28. The molecule has 0 aliphatic rings. The molecule has 0 radical (unpaired) electrons. The van der Waals surface area contributed by atoms with Gasteiger partial charge >= 0.3 is 0 Å². The first-order chi connectivity index (χ1) is 16.2. The van der Waals surface area contributed by atoms with Gasteiger partial charge in [-0.3, -0.25) is 9.59 Å². The summed E-state index contributed by atoms with van der Waals surface area (Å²) < 4.78 is 7.05. The van der Waals surface area contributed by atoms with Gasteiger partial charge in [-0.05, 0) is 70.0 Å². The third-order valence-electron chi connectivity index (χ3n) is 5.42. The maximum absolute atomic E-state index is 12.6. The number of hydrogen-bond donors (Lipinski definition) is 2. The highest BCUT2D eigenvalue weighted by molar-refractivity contribution is 7.99. The smallest absolute Gasteiger partial charge is 0.251 e. The Balaban J connectivity index is 1.64. The highest BCUT2D eigenvalue weighted by Crippen LogP contribution is 2.24. The number of anilines is 1. The van der Waals surface area contributed by atoms with Crippen molar-refractivity contribution in [3.63, 3.8) is 0 Å². The predicted molar refractivity (Wildman–Crippen MR) is 135 cm³/mol. The van der Waals surface area contributed by atoms with Gasteiger partial charge in [0.2, 0.25) is 5.91 Å². The largest absolute Gasteiger partial charge is 0.497 e. The number of carbonyl (C=O) groups is 2. The molecule has 180 valence electrons. The van der Waals surface area contributed by atoms with Crippen LogP contribution in [0.25, 0.3) is 0 Å². The number of thioether (sulfide) groups is 1. The molecule has 0 spiro atoms. The van der Waals surface area contributed by atoms with Gasteiger partial charge in [-0.15, -0.1) is 10.2 Å². The molecule has 0 saturated heterocycles. The number of rotatable bonds is 9. The Morgan fingerprint density at radius 2 is 1.74 bits per heavy atom. The molecule has 9 heteroatoms. The second kappa shape index (κ2) is 11.2. The average molecular weight is 482 g/mol. The van der Waals surface area contributed by atoms with Crippen LogP contribution in [0.15, 0.2) is 41.6 Å². The summed E-state index contributed by atoms with van der Waals surface area (Å²) in [6, 6.07) is 10.7. The van der Waals surface area contributed by atoms with Gasteiger partial charge in [0.25, 0.3) is 5.91 Å². The van der Waals surface area contributed by atoms with Gasteiger partial charge in [-0.25, -0.2) is 0 Å². The first-order valence-corrected chi connectivity index (χ1v) is 12.1. The number of carbonyl (C=O) groups excluding carboxylic acids is 2. The van der Waals surface area contributed by atoms with E-state index in [0.717, 1.165) is 16.8 Å². The predicted octanol–water partition coefficient (Wildman–Crippen LogP) is 4.45. The number of nitrogens with one attached hydrogen (secondary N) is 2. The minimum Gasteiger partial charge on any atom is -0.497 e. The second-order valence-electron chi connectivity index (χ2n) is 8.12. The van der Waals surface area contributed by atoms with Crippen LogP contribution in [0.5, 0.6) is 5.75 Å². The molecular formula is C25H31N5O3S. The number of ether oxygens (including phenoxy) is 1. The van der Waals surface area contributed by atoms with E-state index >= 15 is 0 Å². The van der Waals surface area contributed by atoms with Crippen molar-refractivity contribution in [2.45, 2.75) is 52.4 Å². The summed E-state index contributed by atoms with van der Waals surface area (Å²) in [5, 5.41) is 15.2. The third-order valence-corrected chi connectivity index (χ3v) is 6.39. The second-order valence-corrected chi connectivity index (χ2v) is 9.06. The van der Waals surface area contributed by atoms with Crippen molar-refractivity contribution in [3.05, 3.63) is 64.5 Å². The molecule has 1 atom stereocenters. The molecule has 2 amide bonds. The quantitative estimate of drug-likeness (QED) is 0.438. The van der Waals surface area contributed by atoms with E-state index < -0.39 is 0 Å². The summed E-state index contributed by atoms with van der Waals surface area (Å²) in [6.07, 6.45) is 0. The molecule has 3 rings (SSSR count). The number of benzene rings is 2. The van der Waals surface area contributed by atoms with Crippen LogP contribution < -0.4 is 15.4 Å². The van der Waals surface area contributed by atoms with Crippen molar-refractivity contribution >= 4 is 29.3 Å². The van der Waals surface area contributed by atoms with Gasteiger partial charge in [0.05, 0.1) is 18.9 Å². The van der Waals surface area contributed by atoms with Crippen LogP contribution in [-0.2, 0) is 11.3 Å². The standard InChI is InChI=1S/C25H31N5O3S/c1-7-30-23(18(5)26-24(32)19-8-10-20(33-6)11-9-19)28-29-25(30)34-14-21(31)27-22-16(3)12-15(2)13-17(22)4/h8-13,18H,7,14H2,1-6H3,(H,26,32)(H,27,31). The maximum Gasteiger partial charge on any atom is 0.251 e. The van der Waals surface area contributed by atoms with E-state index in [0.29, 0.717) is 28.8 Å². The zero-order valence-corrected chi connectivity index (χ0v) is 21.2. The fourth-order valence-corrected chi connectivity index (χ4v) is 4.60. The van der Waals surface area contributed by atoms with E-state index in [1.807, 2.05) is 39.2 Å². The van der Waals surface area contributed by atoms with Crippen molar-refractivity contribution in [1.29, 1.82) is 0 Å². The highest BCUT2D eigenvalue weighted by atomic mass is 32.2. The summed E-state index contributed by atoms with van der Waals surface area (Å²) in [6.45, 7) is 10.5. The number of methoxy groups -OCH3 is 1. The molecule has 1 heterocycles. The molecule has 2 aromatic carbocycles. The van der Waals surface area contributed by atoms with Crippen molar-refractivity contribution in [1.82, 2.24) is 20.1 Å². The first kappa shape index (κ1) is 25.3. The fourth-order valence-electron chi connectivity index (χ4n) is 3.79. The van der Waals surface area contributed by atoms with Crippen LogP contribution in [0.2, 0.25) is 0 Å². The van der Waals surface area contributed by atoms with Gasteiger partial charge in [0.1, 0.15) is 5.75 Å². The molecule has 0 aliphatic heterocycles. The monoisotopic (exact) mass is 481 g/mol. The van der Waals surface area contributed by atoms with Crippen LogP contribution in [-0.4, -0.2) is 39.4 Å². The summed E-state index contributed by atoms with van der Waals surface area (Å²) in [4.78, 5) is 25.2.